The number of hydrogen-bond donors (Lipinski definition) is 0. The van der Waals surface area contributed by atoms with Crippen molar-refractivity contribution in [2.75, 3.05) is 33.2 Å². The van der Waals surface area contributed by atoms with Gasteiger partial charge in [0, 0.05) is 43.7 Å². The fourth-order valence-corrected chi connectivity index (χ4v) is 2.70. The van der Waals surface area contributed by atoms with Gasteiger partial charge in [-0.1, -0.05) is 29.8 Å². The minimum atomic E-state index is 0.637. The van der Waals surface area contributed by atoms with Gasteiger partial charge in [0.2, 0.25) is 0 Å². The summed E-state index contributed by atoms with van der Waals surface area (Å²) in [5, 5.41) is 1.80. The Bertz CT molecular complexity index is 577. The van der Waals surface area contributed by atoms with Gasteiger partial charge in [0.05, 0.1) is 5.52 Å². The zero-order chi connectivity index (χ0) is 13.2. The molecule has 0 spiro atoms. The van der Waals surface area contributed by atoms with E-state index in [4.69, 9.17) is 11.6 Å². The topological polar surface area (TPSA) is 19.4 Å². The normalized spacial score (nSPS) is 18.0. The summed E-state index contributed by atoms with van der Waals surface area (Å²) in [5.74, 6) is 0. The van der Waals surface area contributed by atoms with Crippen LogP contribution in [0.25, 0.3) is 10.9 Å². The summed E-state index contributed by atoms with van der Waals surface area (Å²) < 4.78 is 0. The number of pyridine rings is 1. The van der Waals surface area contributed by atoms with Crippen molar-refractivity contribution in [3.05, 3.63) is 41.0 Å². The lowest BCUT2D eigenvalue weighted by molar-refractivity contribution is 0.148. The van der Waals surface area contributed by atoms with Gasteiger partial charge in [0.1, 0.15) is 5.15 Å². The summed E-state index contributed by atoms with van der Waals surface area (Å²) in [6, 6.07) is 10.3. The number of halogens is 1. The summed E-state index contributed by atoms with van der Waals surface area (Å²) in [7, 11) is 2.17. The molecule has 1 aromatic heterocycles. The Balaban J connectivity index is 1.82. The zero-order valence-electron chi connectivity index (χ0n) is 11.1. The third kappa shape index (κ3) is 2.89. The fraction of sp³-hybridized carbons (Fsp3) is 0.400. The third-order valence-corrected chi connectivity index (χ3v) is 4.07. The van der Waals surface area contributed by atoms with E-state index >= 15 is 0 Å². The van der Waals surface area contributed by atoms with Crippen LogP contribution >= 0.6 is 11.6 Å². The molecule has 4 heteroatoms. The van der Waals surface area contributed by atoms with Crippen LogP contribution in [0.4, 0.5) is 0 Å². The van der Waals surface area contributed by atoms with E-state index in [1.54, 1.807) is 0 Å². The molecule has 0 radical (unpaired) electrons. The molecule has 1 aromatic carbocycles. The highest BCUT2D eigenvalue weighted by molar-refractivity contribution is 6.30. The van der Waals surface area contributed by atoms with E-state index in [-0.39, 0.29) is 0 Å². The number of piperazine rings is 1. The van der Waals surface area contributed by atoms with Crippen LogP contribution in [-0.4, -0.2) is 48.0 Å². The summed E-state index contributed by atoms with van der Waals surface area (Å²) in [6.45, 7) is 5.33. The maximum Gasteiger partial charge on any atom is 0.134 e. The Kier molecular flexibility index (Phi) is 3.69. The second-order valence-corrected chi connectivity index (χ2v) is 5.57. The van der Waals surface area contributed by atoms with Crippen LogP contribution in [-0.2, 0) is 6.54 Å². The van der Waals surface area contributed by atoms with E-state index in [0.717, 1.165) is 49.2 Å². The lowest BCUT2D eigenvalue weighted by atomic mass is 10.1. The van der Waals surface area contributed by atoms with E-state index in [0.29, 0.717) is 5.15 Å². The van der Waals surface area contributed by atoms with Gasteiger partial charge in [0.25, 0.3) is 0 Å². The molecule has 19 heavy (non-hydrogen) atoms. The number of benzene rings is 1. The van der Waals surface area contributed by atoms with Gasteiger partial charge in [-0.3, -0.25) is 4.90 Å². The predicted molar refractivity (Wildman–Crippen MR) is 79.5 cm³/mol. The van der Waals surface area contributed by atoms with Crippen molar-refractivity contribution < 1.29 is 0 Å². The molecule has 1 fully saturated rings. The van der Waals surface area contributed by atoms with Crippen LogP contribution in [0.15, 0.2) is 30.3 Å². The molecule has 2 heterocycles. The summed E-state index contributed by atoms with van der Waals surface area (Å²) in [4.78, 5) is 9.28. The van der Waals surface area contributed by atoms with Crippen LogP contribution in [0, 0.1) is 0 Å². The fourth-order valence-electron chi connectivity index (χ4n) is 2.49. The monoisotopic (exact) mass is 275 g/mol. The first-order valence-corrected chi connectivity index (χ1v) is 7.05. The Morgan fingerprint density at radius 1 is 1.16 bits per heavy atom. The molecule has 3 rings (SSSR count). The summed E-state index contributed by atoms with van der Waals surface area (Å²) >= 11 is 6.30. The zero-order valence-corrected chi connectivity index (χ0v) is 11.9. The molecular weight excluding hydrogens is 258 g/mol. The van der Waals surface area contributed by atoms with Crippen LogP contribution in [0.5, 0.6) is 0 Å². The van der Waals surface area contributed by atoms with Gasteiger partial charge in [-0.15, -0.1) is 0 Å². The molecule has 1 saturated heterocycles. The van der Waals surface area contributed by atoms with E-state index in [1.807, 2.05) is 18.2 Å². The molecule has 3 nitrogen and oxygen atoms in total. The van der Waals surface area contributed by atoms with E-state index < -0.39 is 0 Å². The van der Waals surface area contributed by atoms with Crippen molar-refractivity contribution >= 4 is 22.5 Å². The SMILES string of the molecule is CN1CCN(Cc2cc3ccccc3nc2Cl)CC1. The standard InChI is InChI=1S/C15H18ClN3/c1-18-6-8-19(9-7-18)11-13-10-12-4-2-3-5-14(12)17-15(13)16/h2-5,10H,6-9,11H2,1H3. The maximum absolute atomic E-state index is 6.30. The Morgan fingerprint density at radius 2 is 1.89 bits per heavy atom. The molecule has 0 N–H and O–H groups in total. The van der Waals surface area contributed by atoms with E-state index in [2.05, 4.69) is 34.0 Å². The van der Waals surface area contributed by atoms with Crippen molar-refractivity contribution in [2.45, 2.75) is 6.54 Å². The smallest absolute Gasteiger partial charge is 0.134 e. The second kappa shape index (κ2) is 5.45. The highest BCUT2D eigenvalue weighted by Crippen LogP contribution is 2.22. The van der Waals surface area contributed by atoms with Crippen molar-refractivity contribution in [1.82, 2.24) is 14.8 Å². The van der Waals surface area contributed by atoms with Gasteiger partial charge in [-0.25, -0.2) is 4.98 Å². The number of rotatable bonds is 2. The largest absolute Gasteiger partial charge is 0.304 e. The number of aromatic nitrogens is 1. The quantitative estimate of drug-likeness (QED) is 0.786. The van der Waals surface area contributed by atoms with Gasteiger partial charge in [0.15, 0.2) is 0 Å². The van der Waals surface area contributed by atoms with Gasteiger partial charge < -0.3 is 4.90 Å². The van der Waals surface area contributed by atoms with E-state index in [9.17, 15) is 0 Å². The molecule has 0 unspecified atom stereocenters. The van der Waals surface area contributed by atoms with Gasteiger partial charge in [-0.05, 0) is 19.2 Å². The van der Waals surface area contributed by atoms with Crippen LogP contribution < -0.4 is 0 Å². The van der Waals surface area contributed by atoms with Crippen molar-refractivity contribution in [1.29, 1.82) is 0 Å². The molecule has 2 aromatic rings. The molecule has 1 aliphatic rings. The second-order valence-electron chi connectivity index (χ2n) is 5.21. The van der Waals surface area contributed by atoms with Crippen LogP contribution in [0.2, 0.25) is 5.15 Å². The van der Waals surface area contributed by atoms with Crippen LogP contribution in [0.1, 0.15) is 5.56 Å². The number of hydrogen-bond acceptors (Lipinski definition) is 3. The lowest BCUT2D eigenvalue weighted by Crippen LogP contribution is -2.43. The first kappa shape index (κ1) is 12.9. The highest BCUT2D eigenvalue weighted by atomic mass is 35.5. The molecule has 0 amide bonds. The molecule has 0 atom stereocenters. The van der Waals surface area contributed by atoms with Crippen molar-refractivity contribution in [3.63, 3.8) is 0 Å². The molecule has 1 aliphatic heterocycles. The first-order valence-electron chi connectivity index (χ1n) is 6.67. The minimum Gasteiger partial charge on any atom is -0.304 e. The minimum absolute atomic E-state index is 0.637. The summed E-state index contributed by atoms with van der Waals surface area (Å²) in [6.07, 6.45) is 0. The number of likely N-dealkylation sites (N-methyl/N-ethyl adjacent to an activating group) is 1. The van der Waals surface area contributed by atoms with Crippen LogP contribution in [0.3, 0.4) is 0 Å². The number of para-hydroxylation sites is 1. The maximum atomic E-state index is 6.30. The number of nitrogens with zero attached hydrogens (tertiary/aromatic N) is 3. The Labute approximate surface area is 118 Å². The molecule has 0 saturated carbocycles. The molecule has 0 aliphatic carbocycles. The van der Waals surface area contributed by atoms with E-state index in [1.165, 1.54) is 0 Å². The Morgan fingerprint density at radius 3 is 2.68 bits per heavy atom. The molecular formula is C15H18ClN3. The first-order chi connectivity index (χ1) is 9.22. The average Bonchev–Trinajstić information content (AvgIpc) is 2.42. The third-order valence-electron chi connectivity index (χ3n) is 3.74. The summed E-state index contributed by atoms with van der Waals surface area (Å²) in [5.41, 5.74) is 2.10. The highest BCUT2D eigenvalue weighted by Gasteiger charge is 2.15. The van der Waals surface area contributed by atoms with Crippen molar-refractivity contribution in [2.24, 2.45) is 0 Å². The van der Waals surface area contributed by atoms with Crippen molar-refractivity contribution in [3.8, 4) is 0 Å². The predicted octanol–water partition coefficient (Wildman–Crippen LogP) is 2.64. The molecule has 100 valence electrons. The number of fused-ring (bicyclic) bond motifs is 1. The van der Waals surface area contributed by atoms with Gasteiger partial charge in [-0.2, -0.15) is 0 Å². The van der Waals surface area contributed by atoms with Gasteiger partial charge >= 0.3 is 0 Å². The lowest BCUT2D eigenvalue weighted by Gasteiger charge is -2.32. The Hall–Kier alpha value is -1.16. The average molecular weight is 276 g/mol. The molecule has 0 bridgehead atoms.